The number of nitrogens with zero attached hydrogens (tertiary/aromatic N) is 1. The highest BCUT2D eigenvalue weighted by molar-refractivity contribution is 5.90. The van der Waals surface area contributed by atoms with E-state index in [-0.39, 0.29) is 24.9 Å². The summed E-state index contributed by atoms with van der Waals surface area (Å²) in [5.74, 6) is -1.06. The number of fused-ring (bicyclic) bond motifs is 2. The minimum Gasteiger partial charge on any atom is -0.478 e. The number of carbonyl (C=O) groups excluding carboxylic acids is 1. The molecule has 2 heterocycles. The highest BCUT2D eigenvalue weighted by Crippen LogP contribution is 2.45. The predicted octanol–water partition coefficient (Wildman–Crippen LogP) is 3.04. The van der Waals surface area contributed by atoms with Crippen LogP contribution in [0.5, 0.6) is 0 Å². The molecule has 0 aliphatic carbocycles. The van der Waals surface area contributed by atoms with Crippen molar-refractivity contribution in [3.05, 3.63) is 70.3 Å². The molecule has 2 aromatic carbocycles. The fourth-order valence-corrected chi connectivity index (χ4v) is 4.13. The molecule has 7 heteroatoms. The van der Waals surface area contributed by atoms with Crippen molar-refractivity contribution in [3.8, 4) is 0 Å². The van der Waals surface area contributed by atoms with E-state index in [2.05, 4.69) is 0 Å². The standard InChI is InChI=1S/C22H23NO6/c24-12-16-11-19-17(10-18(16)20(25)26)14-29-22(19)6-8-23(9-7-22)21(27)28-13-15-4-2-1-3-5-15/h1-5,10-11,24H,6-9,12-14H2,(H,25,26). The lowest BCUT2D eigenvalue weighted by Crippen LogP contribution is -2.45. The van der Waals surface area contributed by atoms with Gasteiger partial charge < -0.3 is 24.6 Å². The molecule has 1 saturated heterocycles. The van der Waals surface area contributed by atoms with Crippen molar-refractivity contribution in [2.24, 2.45) is 0 Å². The Bertz CT molecular complexity index is 918. The molecule has 152 valence electrons. The Morgan fingerprint density at radius 1 is 1.14 bits per heavy atom. The number of likely N-dealkylation sites (tertiary alicyclic amines) is 1. The Labute approximate surface area is 168 Å². The minimum atomic E-state index is -1.06. The van der Waals surface area contributed by atoms with Crippen molar-refractivity contribution >= 4 is 12.1 Å². The maximum atomic E-state index is 12.4. The van der Waals surface area contributed by atoms with Crippen molar-refractivity contribution in [3.63, 3.8) is 0 Å². The number of hydrogen-bond donors (Lipinski definition) is 2. The van der Waals surface area contributed by atoms with Gasteiger partial charge in [0.25, 0.3) is 0 Å². The lowest BCUT2D eigenvalue weighted by atomic mass is 9.82. The molecule has 2 aliphatic heterocycles. The first kappa shape index (κ1) is 19.4. The summed E-state index contributed by atoms with van der Waals surface area (Å²) in [6.07, 6.45) is 0.842. The molecule has 1 fully saturated rings. The van der Waals surface area contributed by atoms with Crippen molar-refractivity contribution in [2.75, 3.05) is 13.1 Å². The summed E-state index contributed by atoms with van der Waals surface area (Å²) in [7, 11) is 0. The summed E-state index contributed by atoms with van der Waals surface area (Å²) < 4.78 is 11.5. The third-order valence-electron chi connectivity index (χ3n) is 5.76. The third kappa shape index (κ3) is 3.71. The van der Waals surface area contributed by atoms with Gasteiger partial charge in [-0.1, -0.05) is 30.3 Å². The number of aliphatic hydroxyl groups excluding tert-OH is 1. The lowest BCUT2D eigenvalue weighted by molar-refractivity contribution is -0.0766. The first-order valence-corrected chi connectivity index (χ1v) is 9.62. The number of ether oxygens (including phenoxy) is 2. The van der Waals surface area contributed by atoms with Crippen LogP contribution < -0.4 is 0 Å². The number of aliphatic hydroxyl groups is 1. The number of carbonyl (C=O) groups is 2. The van der Waals surface area contributed by atoms with Crippen molar-refractivity contribution < 1.29 is 29.3 Å². The van der Waals surface area contributed by atoms with Crippen LogP contribution in [0.25, 0.3) is 0 Å². The zero-order chi connectivity index (χ0) is 20.4. The van der Waals surface area contributed by atoms with Crippen LogP contribution in [0, 0.1) is 0 Å². The number of aromatic carboxylic acids is 1. The van der Waals surface area contributed by atoms with Gasteiger partial charge in [-0.3, -0.25) is 0 Å². The Balaban J connectivity index is 1.43. The quantitative estimate of drug-likeness (QED) is 0.823. The van der Waals surface area contributed by atoms with Crippen molar-refractivity contribution in [1.29, 1.82) is 0 Å². The summed E-state index contributed by atoms with van der Waals surface area (Å²) in [6, 6.07) is 12.9. The summed E-state index contributed by atoms with van der Waals surface area (Å²) in [5.41, 5.74) is 2.63. The summed E-state index contributed by atoms with van der Waals surface area (Å²) >= 11 is 0. The molecule has 2 N–H and O–H groups in total. The summed E-state index contributed by atoms with van der Waals surface area (Å²) in [6.45, 7) is 1.20. The van der Waals surface area contributed by atoms with Gasteiger partial charge in [0.2, 0.25) is 0 Å². The fraction of sp³-hybridized carbons (Fsp3) is 0.364. The van der Waals surface area contributed by atoms with Crippen LogP contribution in [0.15, 0.2) is 42.5 Å². The van der Waals surface area contributed by atoms with E-state index in [0.29, 0.717) is 38.1 Å². The lowest BCUT2D eigenvalue weighted by Gasteiger charge is -2.38. The van der Waals surface area contributed by atoms with Crippen molar-refractivity contribution in [1.82, 2.24) is 4.90 Å². The minimum absolute atomic E-state index is 0.105. The Morgan fingerprint density at radius 3 is 2.52 bits per heavy atom. The highest BCUT2D eigenvalue weighted by Gasteiger charge is 2.44. The average molecular weight is 397 g/mol. The van der Waals surface area contributed by atoms with E-state index >= 15 is 0 Å². The number of rotatable bonds is 4. The van der Waals surface area contributed by atoms with Gasteiger partial charge in [0.1, 0.15) is 6.61 Å². The van der Waals surface area contributed by atoms with Gasteiger partial charge in [-0.05, 0) is 47.2 Å². The number of benzene rings is 2. The molecule has 4 rings (SSSR count). The Kier molecular flexibility index (Phi) is 5.25. The highest BCUT2D eigenvalue weighted by atomic mass is 16.6. The predicted molar refractivity (Wildman–Crippen MR) is 103 cm³/mol. The number of amides is 1. The van der Waals surface area contributed by atoms with Gasteiger partial charge in [0.15, 0.2) is 0 Å². The van der Waals surface area contributed by atoms with Crippen LogP contribution in [-0.2, 0) is 34.9 Å². The van der Waals surface area contributed by atoms with E-state index in [9.17, 15) is 19.8 Å². The monoisotopic (exact) mass is 397 g/mol. The molecule has 1 spiro atoms. The van der Waals surface area contributed by atoms with E-state index in [1.165, 1.54) is 0 Å². The average Bonchev–Trinajstić information content (AvgIpc) is 3.09. The zero-order valence-corrected chi connectivity index (χ0v) is 16.0. The largest absolute Gasteiger partial charge is 0.478 e. The second-order valence-electron chi connectivity index (χ2n) is 7.44. The topological polar surface area (TPSA) is 96.3 Å². The summed E-state index contributed by atoms with van der Waals surface area (Å²) in [5, 5.41) is 18.9. The third-order valence-corrected chi connectivity index (χ3v) is 5.76. The van der Waals surface area contributed by atoms with Crippen molar-refractivity contribution in [2.45, 2.75) is 38.3 Å². The molecule has 0 unspecified atom stereocenters. The number of hydrogen-bond acceptors (Lipinski definition) is 5. The molecule has 0 bridgehead atoms. The Hall–Kier alpha value is -2.90. The van der Waals surface area contributed by atoms with Crippen LogP contribution in [0.4, 0.5) is 4.79 Å². The zero-order valence-electron chi connectivity index (χ0n) is 16.0. The first-order valence-electron chi connectivity index (χ1n) is 9.62. The van der Waals surface area contributed by atoms with E-state index in [1.54, 1.807) is 17.0 Å². The van der Waals surface area contributed by atoms with E-state index in [4.69, 9.17) is 9.47 Å². The first-order chi connectivity index (χ1) is 14.0. The Morgan fingerprint density at radius 2 is 1.86 bits per heavy atom. The molecular weight excluding hydrogens is 374 g/mol. The molecule has 7 nitrogen and oxygen atoms in total. The maximum absolute atomic E-state index is 12.4. The van der Waals surface area contributed by atoms with E-state index < -0.39 is 11.6 Å². The molecule has 0 aromatic heterocycles. The molecule has 29 heavy (non-hydrogen) atoms. The molecule has 0 saturated carbocycles. The van der Waals surface area contributed by atoms with E-state index in [1.807, 2.05) is 30.3 Å². The van der Waals surface area contributed by atoms with Crippen LogP contribution in [0.3, 0.4) is 0 Å². The smallest absolute Gasteiger partial charge is 0.410 e. The van der Waals surface area contributed by atoms with Gasteiger partial charge in [-0.15, -0.1) is 0 Å². The number of carboxylic acids is 1. The second kappa shape index (κ2) is 7.85. The van der Waals surface area contributed by atoms with Crippen LogP contribution in [-0.4, -0.2) is 40.3 Å². The van der Waals surface area contributed by atoms with Crippen LogP contribution in [0.2, 0.25) is 0 Å². The molecule has 2 aromatic rings. The van der Waals surface area contributed by atoms with Crippen LogP contribution >= 0.6 is 0 Å². The van der Waals surface area contributed by atoms with Gasteiger partial charge in [0, 0.05) is 13.1 Å². The maximum Gasteiger partial charge on any atom is 0.410 e. The summed E-state index contributed by atoms with van der Waals surface area (Å²) in [4.78, 5) is 25.5. The SMILES string of the molecule is O=C(O)c1cc2c(cc1CO)C1(CCN(C(=O)OCc3ccccc3)CC1)OC2. The molecule has 2 aliphatic rings. The molecule has 0 radical (unpaired) electrons. The molecule has 0 atom stereocenters. The molecular formula is C22H23NO6. The number of piperidine rings is 1. The second-order valence-corrected chi connectivity index (χ2v) is 7.44. The number of carboxylic acid groups (broad SMARTS) is 1. The molecule has 1 amide bonds. The van der Waals surface area contributed by atoms with Gasteiger partial charge in [0.05, 0.1) is 24.4 Å². The normalized spacial score (nSPS) is 17.2. The fourth-order valence-electron chi connectivity index (χ4n) is 4.13. The van der Waals surface area contributed by atoms with E-state index in [0.717, 1.165) is 16.7 Å². The van der Waals surface area contributed by atoms with Crippen LogP contribution in [0.1, 0.15) is 45.5 Å². The van der Waals surface area contributed by atoms with Gasteiger partial charge in [-0.25, -0.2) is 9.59 Å². The van der Waals surface area contributed by atoms with Gasteiger partial charge in [-0.2, -0.15) is 0 Å². The van der Waals surface area contributed by atoms with Gasteiger partial charge >= 0.3 is 12.1 Å².